The highest BCUT2D eigenvalue weighted by Gasteiger charge is 2.19. The van der Waals surface area contributed by atoms with Crippen LogP contribution in [-0.4, -0.2) is 22.0 Å². The van der Waals surface area contributed by atoms with E-state index in [1.807, 2.05) is 0 Å². The van der Waals surface area contributed by atoms with Gasteiger partial charge in [-0.15, -0.1) is 0 Å². The van der Waals surface area contributed by atoms with E-state index in [0.29, 0.717) is 5.56 Å². The molecule has 108 valence electrons. The molecule has 5 nitrogen and oxygen atoms in total. The molecular formula is C15H13FN2O3. The van der Waals surface area contributed by atoms with Crippen molar-refractivity contribution in [2.75, 3.05) is 0 Å². The SMILES string of the molecule is C[C@H](NC(=O)c1ncccc1C(=O)O)c1ccc(F)cc1. The molecule has 0 aliphatic heterocycles. The second-order valence-corrected chi connectivity index (χ2v) is 4.45. The molecule has 0 unspecified atom stereocenters. The first-order chi connectivity index (χ1) is 9.99. The number of carboxylic acid groups (broad SMARTS) is 1. The third-order valence-corrected chi connectivity index (χ3v) is 2.97. The van der Waals surface area contributed by atoms with Crippen LogP contribution in [0.4, 0.5) is 4.39 Å². The lowest BCUT2D eigenvalue weighted by molar-refractivity contribution is 0.0689. The van der Waals surface area contributed by atoms with Crippen molar-refractivity contribution in [1.82, 2.24) is 10.3 Å². The standard InChI is InChI=1S/C15H13FN2O3/c1-9(10-4-6-11(16)7-5-10)18-14(19)13-12(15(20)21)3-2-8-17-13/h2-9H,1H3,(H,18,19)(H,20,21)/t9-/m0/s1. The van der Waals surface area contributed by atoms with Gasteiger partial charge >= 0.3 is 5.97 Å². The van der Waals surface area contributed by atoms with E-state index >= 15 is 0 Å². The number of hydrogen-bond donors (Lipinski definition) is 2. The van der Waals surface area contributed by atoms with Gasteiger partial charge in [0.05, 0.1) is 11.6 Å². The Balaban J connectivity index is 2.18. The Morgan fingerprint density at radius 3 is 2.52 bits per heavy atom. The van der Waals surface area contributed by atoms with Crippen LogP contribution < -0.4 is 5.32 Å². The van der Waals surface area contributed by atoms with Gasteiger partial charge in [-0.1, -0.05) is 12.1 Å². The minimum Gasteiger partial charge on any atom is -0.478 e. The quantitative estimate of drug-likeness (QED) is 0.905. The Bertz CT molecular complexity index is 671. The third-order valence-electron chi connectivity index (χ3n) is 2.97. The summed E-state index contributed by atoms with van der Waals surface area (Å²) in [6, 6.07) is 8.05. The van der Waals surface area contributed by atoms with Crippen LogP contribution in [0.25, 0.3) is 0 Å². The largest absolute Gasteiger partial charge is 0.478 e. The first-order valence-electron chi connectivity index (χ1n) is 6.23. The van der Waals surface area contributed by atoms with Gasteiger partial charge < -0.3 is 10.4 Å². The highest BCUT2D eigenvalue weighted by Crippen LogP contribution is 2.14. The topological polar surface area (TPSA) is 79.3 Å². The van der Waals surface area contributed by atoms with Crippen molar-refractivity contribution in [3.05, 3.63) is 65.2 Å². The molecule has 0 aliphatic rings. The van der Waals surface area contributed by atoms with Crippen LogP contribution in [0.3, 0.4) is 0 Å². The Labute approximate surface area is 120 Å². The molecule has 21 heavy (non-hydrogen) atoms. The molecule has 0 spiro atoms. The lowest BCUT2D eigenvalue weighted by atomic mass is 10.1. The number of carbonyl (C=O) groups excluding carboxylic acids is 1. The van der Waals surface area contributed by atoms with E-state index in [4.69, 9.17) is 5.11 Å². The summed E-state index contributed by atoms with van der Waals surface area (Å²) in [6.07, 6.45) is 1.35. The summed E-state index contributed by atoms with van der Waals surface area (Å²) in [5.41, 5.74) is 0.387. The van der Waals surface area contributed by atoms with E-state index in [9.17, 15) is 14.0 Å². The summed E-state index contributed by atoms with van der Waals surface area (Å²) < 4.78 is 12.9. The van der Waals surface area contributed by atoms with Gasteiger partial charge in [-0.2, -0.15) is 0 Å². The van der Waals surface area contributed by atoms with Gasteiger partial charge in [0.2, 0.25) is 0 Å². The molecule has 0 bridgehead atoms. The molecule has 2 N–H and O–H groups in total. The maximum absolute atomic E-state index is 12.9. The number of halogens is 1. The number of amides is 1. The molecule has 0 fully saturated rings. The summed E-state index contributed by atoms with van der Waals surface area (Å²) in [6.45, 7) is 1.72. The molecule has 1 amide bonds. The zero-order valence-electron chi connectivity index (χ0n) is 11.2. The van der Waals surface area contributed by atoms with Crippen LogP contribution in [0, 0.1) is 5.82 Å². The minimum absolute atomic E-state index is 0.154. The molecule has 6 heteroatoms. The highest BCUT2D eigenvalue weighted by atomic mass is 19.1. The van der Waals surface area contributed by atoms with Gasteiger partial charge in [0.25, 0.3) is 5.91 Å². The number of nitrogens with zero attached hydrogens (tertiary/aromatic N) is 1. The summed E-state index contributed by atoms with van der Waals surface area (Å²) in [5, 5.41) is 11.7. The van der Waals surface area contributed by atoms with E-state index in [1.165, 1.54) is 30.5 Å². The molecule has 1 aromatic carbocycles. The minimum atomic E-state index is -1.22. The van der Waals surface area contributed by atoms with Crippen molar-refractivity contribution in [3.63, 3.8) is 0 Å². The smallest absolute Gasteiger partial charge is 0.338 e. The van der Waals surface area contributed by atoms with E-state index in [2.05, 4.69) is 10.3 Å². The van der Waals surface area contributed by atoms with Crippen LogP contribution in [0.5, 0.6) is 0 Å². The zero-order valence-corrected chi connectivity index (χ0v) is 11.2. The van der Waals surface area contributed by atoms with Crippen LogP contribution in [0.15, 0.2) is 42.6 Å². The Hall–Kier alpha value is -2.76. The maximum Gasteiger partial charge on any atom is 0.338 e. The fraction of sp³-hybridized carbons (Fsp3) is 0.133. The summed E-state index contributed by atoms with van der Waals surface area (Å²) >= 11 is 0. The predicted octanol–water partition coefficient (Wildman–Crippen LogP) is 2.41. The molecule has 1 aromatic heterocycles. The van der Waals surface area contributed by atoms with Crippen LogP contribution in [-0.2, 0) is 0 Å². The number of hydrogen-bond acceptors (Lipinski definition) is 3. The molecule has 2 rings (SSSR count). The second kappa shape index (κ2) is 6.13. The zero-order chi connectivity index (χ0) is 15.4. The molecule has 0 saturated heterocycles. The molecule has 0 aliphatic carbocycles. The van der Waals surface area contributed by atoms with Crippen molar-refractivity contribution in [2.24, 2.45) is 0 Å². The highest BCUT2D eigenvalue weighted by molar-refractivity contribution is 6.03. The summed E-state index contributed by atoms with van der Waals surface area (Å²) in [4.78, 5) is 27.0. The van der Waals surface area contributed by atoms with Crippen LogP contribution >= 0.6 is 0 Å². The fourth-order valence-electron chi connectivity index (χ4n) is 1.86. The summed E-state index contributed by atoms with van der Waals surface area (Å²) in [7, 11) is 0. The van der Waals surface area contributed by atoms with E-state index in [0.717, 1.165) is 0 Å². The predicted molar refractivity (Wildman–Crippen MR) is 73.5 cm³/mol. The number of rotatable bonds is 4. The van der Waals surface area contributed by atoms with Crippen molar-refractivity contribution in [3.8, 4) is 0 Å². The lowest BCUT2D eigenvalue weighted by Gasteiger charge is -2.14. The number of pyridine rings is 1. The van der Waals surface area contributed by atoms with Crippen molar-refractivity contribution >= 4 is 11.9 Å². The Morgan fingerprint density at radius 1 is 1.24 bits per heavy atom. The van der Waals surface area contributed by atoms with E-state index < -0.39 is 17.9 Å². The number of benzene rings is 1. The average molecular weight is 288 g/mol. The van der Waals surface area contributed by atoms with E-state index in [1.54, 1.807) is 19.1 Å². The monoisotopic (exact) mass is 288 g/mol. The number of nitrogens with one attached hydrogen (secondary N) is 1. The van der Waals surface area contributed by atoms with Gasteiger partial charge in [0, 0.05) is 6.20 Å². The first-order valence-corrected chi connectivity index (χ1v) is 6.23. The average Bonchev–Trinajstić information content (AvgIpc) is 2.47. The fourth-order valence-corrected chi connectivity index (χ4v) is 1.86. The molecule has 1 atom stereocenters. The molecule has 0 saturated carbocycles. The Morgan fingerprint density at radius 2 is 1.90 bits per heavy atom. The third kappa shape index (κ3) is 3.42. The molecule has 1 heterocycles. The van der Waals surface area contributed by atoms with Crippen molar-refractivity contribution < 1.29 is 19.1 Å². The van der Waals surface area contributed by atoms with Crippen molar-refractivity contribution in [2.45, 2.75) is 13.0 Å². The maximum atomic E-state index is 12.9. The normalized spacial score (nSPS) is 11.7. The van der Waals surface area contributed by atoms with Gasteiger partial charge in [-0.3, -0.25) is 9.78 Å². The van der Waals surface area contributed by atoms with Gasteiger partial charge in [0.1, 0.15) is 11.5 Å². The number of aromatic carboxylic acids is 1. The van der Waals surface area contributed by atoms with Gasteiger partial charge in [-0.05, 0) is 36.8 Å². The van der Waals surface area contributed by atoms with Gasteiger partial charge in [-0.25, -0.2) is 9.18 Å². The van der Waals surface area contributed by atoms with Crippen molar-refractivity contribution in [1.29, 1.82) is 0 Å². The van der Waals surface area contributed by atoms with Crippen LogP contribution in [0.1, 0.15) is 39.4 Å². The van der Waals surface area contributed by atoms with E-state index in [-0.39, 0.29) is 17.1 Å². The number of carbonyl (C=O) groups is 2. The molecular weight excluding hydrogens is 275 g/mol. The second-order valence-electron chi connectivity index (χ2n) is 4.45. The number of carboxylic acids is 1. The first kappa shape index (κ1) is 14.6. The Kier molecular flexibility index (Phi) is 4.27. The van der Waals surface area contributed by atoms with Gasteiger partial charge in [0.15, 0.2) is 0 Å². The molecule has 0 radical (unpaired) electrons. The number of aromatic nitrogens is 1. The summed E-state index contributed by atoms with van der Waals surface area (Å²) in [5.74, 6) is -2.18. The molecule has 2 aromatic rings. The lowest BCUT2D eigenvalue weighted by Crippen LogP contribution is -2.29. The van der Waals surface area contributed by atoms with Crippen LogP contribution in [0.2, 0.25) is 0 Å².